The Morgan fingerprint density at radius 2 is 2.18 bits per heavy atom. The molecule has 1 fully saturated rings. The Kier molecular flexibility index (Phi) is 6.59. The second kappa shape index (κ2) is 8.44. The molecule has 0 saturated carbocycles. The van der Waals surface area contributed by atoms with Crippen molar-refractivity contribution >= 4 is 11.6 Å². The lowest BCUT2D eigenvalue weighted by Crippen LogP contribution is -2.42. The number of hydrogen-bond donors (Lipinski definition) is 1. The van der Waals surface area contributed by atoms with E-state index in [0.717, 1.165) is 12.8 Å². The van der Waals surface area contributed by atoms with Crippen LogP contribution >= 0.6 is 11.6 Å². The van der Waals surface area contributed by atoms with Gasteiger partial charge in [-0.2, -0.15) is 5.26 Å². The van der Waals surface area contributed by atoms with Crippen molar-refractivity contribution < 1.29 is 14.2 Å². The third-order valence-electron chi connectivity index (χ3n) is 3.95. The predicted molar refractivity (Wildman–Crippen MR) is 82.0 cm³/mol. The summed E-state index contributed by atoms with van der Waals surface area (Å²) in [4.78, 5) is 2.06. The molecule has 1 unspecified atom stereocenters. The molecule has 22 heavy (non-hydrogen) atoms. The maximum atomic E-state index is 13.9. The molecule has 0 spiro atoms. The van der Waals surface area contributed by atoms with Crippen LogP contribution in [0.5, 0.6) is 0 Å². The van der Waals surface area contributed by atoms with E-state index in [4.69, 9.17) is 21.6 Å². The number of halogens is 2. The van der Waals surface area contributed by atoms with Gasteiger partial charge in [-0.05, 0) is 25.0 Å². The highest BCUT2D eigenvalue weighted by molar-refractivity contribution is 6.30. The second-order valence-corrected chi connectivity index (χ2v) is 5.86. The molecule has 0 bridgehead atoms. The van der Waals surface area contributed by atoms with Crippen LogP contribution in [0.4, 0.5) is 4.39 Å². The Morgan fingerprint density at radius 3 is 2.82 bits per heavy atom. The molecule has 120 valence electrons. The highest BCUT2D eigenvalue weighted by Gasteiger charge is 2.25. The third kappa shape index (κ3) is 4.65. The van der Waals surface area contributed by atoms with Crippen molar-refractivity contribution in [3.8, 4) is 6.07 Å². The van der Waals surface area contributed by atoms with Gasteiger partial charge in [0.2, 0.25) is 0 Å². The van der Waals surface area contributed by atoms with E-state index >= 15 is 0 Å². The van der Waals surface area contributed by atoms with Crippen molar-refractivity contribution in [3.05, 3.63) is 34.6 Å². The van der Waals surface area contributed by atoms with Crippen LogP contribution < -0.4 is 0 Å². The minimum Gasteiger partial charge on any atom is -0.387 e. The Hall–Kier alpha value is -1.19. The standard InChI is InChI=1S/C16H20ClFN2O2/c17-12-2-3-14(15(18)10-12)16(21)11-20(7-1-6-19)13-4-8-22-9-5-13/h2-3,10,13,16,21H,1,4-5,7-9,11H2. The normalized spacial score (nSPS) is 17.4. The first-order chi connectivity index (χ1) is 10.6. The number of hydrogen-bond acceptors (Lipinski definition) is 4. The first kappa shape index (κ1) is 17.2. The maximum Gasteiger partial charge on any atom is 0.130 e. The summed E-state index contributed by atoms with van der Waals surface area (Å²) in [6.07, 6.45) is 1.16. The molecule has 6 heteroatoms. The van der Waals surface area contributed by atoms with Gasteiger partial charge in [0.1, 0.15) is 5.82 Å². The van der Waals surface area contributed by atoms with Crippen molar-refractivity contribution in [3.63, 3.8) is 0 Å². The average molecular weight is 327 g/mol. The monoisotopic (exact) mass is 326 g/mol. The van der Waals surface area contributed by atoms with Gasteiger partial charge in [0.05, 0.1) is 12.2 Å². The van der Waals surface area contributed by atoms with Crippen molar-refractivity contribution in [1.82, 2.24) is 4.90 Å². The van der Waals surface area contributed by atoms with E-state index in [1.807, 2.05) is 0 Å². The molecule has 0 aliphatic carbocycles. The van der Waals surface area contributed by atoms with Crippen LogP contribution in [0.2, 0.25) is 5.02 Å². The predicted octanol–water partition coefficient (Wildman–Crippen LogP) is 2.91. The molecule has 1 aliphatic rings. The average Bonchev–Trinajstić information content (AvgIpc) is 2.52. The Labute approximate surface area is 135 Å². The number of benzene rings is 1. The summed E-state index contributed by atoms with van der Waals surface area (Å²) in [5.41, 5.74) is 0.235. The Bertz CT molecular complexity index is 529. The van der Waals surface area contributed by atoms with Crippen molar-refractivity contribution in [1.29, 1.82) is 5.26 Å². The van der Waals surface area contributed by atoms with E-state index in [1.54, 1.807) is 6.07 Å². The van der Waals surface area contributed by atoms with Crippen LogP contribution in [0.3, 0.4) is 0 Å². The van der Waals surface area contributed by atoms with Gasteiger partial charge in [-0.25, -0.2) is 4.39 Å². The van der Waals surface area contributed by atoms with Crippen LogP contribution in [0, 0.1) is 17.1 Å². The van der Waals surface area contributed by atoms with E-state index in [0.29, 0.717) is 37.7 Å². The molecule has 0 amide bonds. The fraction of sp³-hybridized carbons (Fsp3) is 0.562. The molecule has 1 aromatic rings. The fourth-order valence-electron chi connectivity index (χ4n) is 2.76. The van der Waals surface area contributed by atoms with Gasteiger partial charge in [-0.15, -0.1) is 0 Å². The quantitative estimate of drug-likeness (QED) is 0.873. The number of aliphatic hydroxyl groups excluding tert-OH is 1. The zero-order valence-electron chi connectivity index (χ0n) is 12.3. The summed E-state index contributed by atoms with van der Waals surface area (Å²) >= 11 is 5.74. The first-order valence-electron chi connectivity index (χ1n) is 7.43. The maximum absolute atomic E-state index is 13.9. The largest absolute Gasteiger partial charge is 0.387 e. The van der Waals surface area contributed by atoms with E-state index < -0.39 is 11.9 Å². The third-order valence-corrected chi connectivity index (χ3v) is 4.18. The van der Waals surface area contributed by atoms with Crippen LogP contribution in [0.15, 0.2) is 18.2 Å². The number of nitrogens with zero attached hydrogens (tertiary/aromatic N) is 2. The van der Waals surface area contributed by atoms with Gasteiger partial charge in [-0.3, -0.25) is 4.90 Å². The van der Waals surface area contributed by atoms with Crippen LogP contribution in [-0.2, 0) is 4.74 Å². The number of ether oxygens (including phenoxy) is 1. The van der Waals surface area contributed by atoms with Crippen LogP contribution in [0.25, 0.3) is 0 Å². The molecule has 1 saturated heterocycles. The second-order valence-electron chi connectivity index (χ2n) is 5.43. The van der Waals surface area contributed by atoms with Gasteiger partial charge in [-0.1, -0.05) is 17.7 Å². The van der Waals surface area contributed by atoms with E-state index in [-0.39, 0.29) is 11.6 Å². The summed E-state index contributed by atoms with van der Waals surface area (Å²) in [6.45, 7) is 2.22. The van der Waals surface area contributed by atoms with Gasteiger partial charge in [0.15, 0.2) is 0 Å². The zero-order valence-corrected chi connectivity index (χ0v) is 13.1. The van der Waals surface area contributed by atoms with E-state index in [9.17, 15) is 9.50 Å². The molecule has 1 aliphatic heterocycles. The molecule has 1 N–H and O–H groups in total. The van der Waals surface area contributed by atoms with Crippen molar-refractivity contribution in [2.45, 2.75) is 31.4 Å². The molecule has 1 heterocycles. The summed E-state index contributed by atoms with van der Waals surface area (Å²) in [7, 11) is 0. The fourth-order valence-corrected chi connectivity index (χ4v) is 2.92. The highest BCUT2D eigenvalue weighted by Crippen LogP contribution is 2.24. The van der Waals surface area contributed by atoms with Gasteiger partial charge < -0.3 is 9.84 Å². The topological polar surface area (TPSA) is 56.5 Å². The van der Waals surface area contributed by atoms with E-state index in [2.05, 4.69) is 11.0 Å². The van der Waals surface area contributed by atoms with Crippen LogP contribution in [0.1, 0.15) is 30.9 Å². The summed E-state index contributed by atoms with van der Waals surface area (Å²) in [6, 6.07) is 6.66. The molecule has 1 atom stereocenters. The van der Waals surface area contributed by atoms with Gasteiger partial charge in [0, 0.05) is 49.4 Å². The van der Waals surface area contributed by atoms with Gasteiger partial charge >= 0.3 is 0 Å². The van der Waals surface area contributed by atoms with Gasteiger partial charge in [0.25, 0.3) is 0 Å². The Balaban J connectivity index is 2.06. The van der Waals surface area contributed by atoms with Crippen molar-refractivity contribution in [2.24, 2.45) is 0 Å². The van der Waals surface area contributed by atoms with Crippen LogP contribution in [-0.4, -0.2) is 42.4 Å². The SMILES string of the molecule is N#CCCN(CC(O)c1ccc(Cl)cc1F)C1CCOCC1. The molecule has 4 nitrogen and oxygen atoms in total. The summed E-state index contributed by atoms with van der Waals surface area (Å²) in [5, 5.41) is 19.5. The Morgan fingerprint density at radius 1 is 1.45 bits per heavy atom. The smallest absolute Gasteiger partial charge is 0.130 e. The number of rotatable bonds is 6. The molecule has 0 radical (unpaired) electrons. The highest BCUT2D eigenvalue weighted by atomic mass is 35.5. The first-order valence-corrected chi connectivity index (χ1v) is 7.81. The molecular weight excluding hydrogens is 307 g/mol. The molecular formula is C16H20ClFN2O2. The minimum atomic E-state index is -0.946. The summed E-state index contributed by atoms with van der Waals surface area (Å²) < 4.78 is 19.3. The van der Waals surface area contributed by atoms with Crippen molar-refractivity contribution in [2.75, 3.05) is 26.3 Å². The molecule has 0 aromatic heterocycles. The molecule has 1 aromatic carbocycles. The minimum absolute atomic E-state index is 0.235. The lowest BCUT2D eigenvalue weighted by molar-refractivity contribution is 0.0144. The van der Waals surface area contributed by atoms with E-state index in [1.165, 1.54) is 12.1 Å². The lowest BCUT2D eigenvalue weighted by Gasteiger charge is -2.35. The number of aliphatic hydroxyl groups is 1. The zero-order chi connectivity index (χ0) is 15.9. The summed E-state index contributed by atoms with van der Waals surface area (Å²) in [5.74, 6) is -0.507. The molecule has 2 rings (SSSR count). The number of nitriles is 1. The lowest BCUT2D eigenvalue weighted by atomic mass is 10.0.